The van der Waals surface area contributed by atoms with Crippen molar-refractivity contribution >= 4 is 27.8 Å². The molecule has 22 heavy (non-hydrogen) atoms. The van der Waals surface area contributed by atoms with E-state index in [1.165, 1.54) is 4.68 Å². The molecule has 0 saturated heterocycles. The van der Waals surface area contributed by atoms with E-state index in [9.17, 15) is 4.79 Å². The van der Waals surface area contributed by atoms with Crippen LogP contribution in [0.2, 0.25) is 0 Å². The minimum Gasteiger partial charge on any atom is -0.496 e. The summed E-state index contributed by atoms with van der Waals surface area (Å²) < 4.78 is 7.61. The zero-order chi connectivity index (χ0) is 15.7. The summed E-state index contributed by atoms with van der Waals surface area (Å²) in [5.41, 5.74) is 8.05. The molecule has 3 N–H and O–H groups in total. The average molecular weight is 365 g/mol. The number of methoxy groups -OCH3 is 1. The fraction of sp³-hybridized carbons (Fsp3) is 0.333. The van der Waals surface area contributed by atoms with E-state index in [2.05, 4.69) is 26.3 Å². The molecule has 0 atom stereocenters. The van der Waals surface area contributed by atoms with Gasteiger partial charge in [0.05, 0.1) is 7.11 Å². The number of nitrogens with one attached hydrogen (secondary N) is 1. The Labute approximate surface area is 136 Å². The Balaban J connectivity index is 2.23. The van der Waals surface area contributed by atoms with Gasteiger partial charge in [-0.3, -0.25) is 0 Å². The van der Waals surface area contributed by atoms with Crippen molar-refractivity contribution in [2.45, 2.75) is 19.3 Å². The molecule has 2 heterocycles. The molecular weight excluding hydrogens is 348 g/mol. The number of rotatable bonds is 2. The molecule has 0 spiro atoms. The number of ether oxygens (including phenoxy) is 1. The summed E-state index contributed by atoms with van der Waals surface area (Å²) in [5, 5.41) is 7.70. The number of hydrogen-bond donors (Lipinski definition) is 2. The molecule has 1 aliphatic heterocycles. The van der Waals surface area contributed by atoms with Crippen LogP contribution in [0.25, 0.3) is 11.3 Å². The number of halogens is 1. The van der Waals surface area contributed by atoms with Crippen LogP contribution < -0.4 is 15.8 Å². The molecule has 0 fully saturated rings. The number of aromatic nitrogens is 2. The lowest BCUT2D eigenvalue weighted by molar-refractivity contribution is 0.248. The van der Waals surface area contributed by atoms with Gasteiger partial charge < -0.3 is 15.8 Å². The Morgan fingerprint density at radius 3 is 3.00 bits per heavy atom. The first kappa shape index (κ1) is 14.9. The molecule has 1 aliphatic rings. The highest BCUT2D eigenvalue weighted by molar-refractivity contribution is 9.10. The van der Waals surface area contributed by atoms with E-state index in [1.54, 1.807) is 7.11 Å². The van der Waals surface area contributed by atoms with Gasteiger partial charge in [-0.1, -0.05) is 15.9 Å². The molecule has 0 unspecified atom stereocenters. The van der Waals surface area contributed by atoms with E-state index in [-0.39, 0.29) is 0 Å². The number of nitrogens with two attached hydrogens (primary N) is 1. The van der Waals surface area contributed by atoms with E-state index < -0.39 is 6.03 Å². The van der Waals surface area contributed by atoms with Crippen molar-refractivity contribution in [2.24, 2.45) is 5.73 Å². The summed E-state index contributed by atoms with van der Waals surface area (Å²) in [6.07, 6.45) is 2.93. The molecule has 0 aliphatic carbocycles. The molecule has 1 aromatic heterocycles. The standard InChI is InChI=1S/C15H17BrN4O2/c1-22-12-6-5-9(16)8-11(12)13-10-4-2-3-7-18-14(10)20(19-13)15(17)21/h5-6,8,18H,2-4,7H2,1H3,(H2,17,21). The first-order chi connectivity index (χ1) is 10.6. The van der Waals surface area contributed by atoms with Crippen molar-refractivity contribution in [2.75, 3.05) is 19.0 Å². The quantitative estimate of drug-likeness (QED) is 0.857. The van der Waals surface area contributed by atoms with Gasteiger partial charge in [-0.05, 0) is 37.5 Å². The summed E-state index contributed by atoms with van der Waals surface area (Å²) in [6, 6.07) is 5.13. The lowest BCUT2D eigenvalue weighted by Crippen LogP contribution is -2.23. The monoisotopic (exact) mass is 364 g/mol. The topological polar surface area (TPSA) is 82.2 Å². The minimum absolute atomic E-state index is 0.592. The third-order valence-corrected chi connectivity index (χ3v) is 4.25. The highest BCUT2D eigenvalue weighted by Crippen LogP contribution is 2.38. The van der Waals surface area contributed by atoms with E-state index in [0.29, 0.717) is 11.6 Å². The number of fused-ring (bicyclic) bond motifs is 1. The van der Waals surface area contributed by atoms with Gasteiger partial charge in [0.1, 0.15) is 17.3 Å². The molecular formula is C15H17BrN4O2. The Morgan fingerprint density at radius 2 is 2.27 bits per heavy atom. The molecule has 7 heteroatoms. The Hall–Kier alpha value is -2.02. The number of anilines is 1. The fourth-order valence-electron chi connectivity index (χ4n) is 2.74. The van der Waals surface area contributed by atoms with Crippen LogP contribution in [0.5, 0.6) is 5.75 Å². The van der Waals surface area contributed by atoms with Gasteiger partial charge >= 0.3 is 6.03 Å². The van der Waals surface area contributed by atoms with Crippen LogP contribution in [0, 0.1) is 0 Å². The summed E-state index contributed by atoms with van der Waals surface area (Å²) in [7, 11) is 1.62. The SMILES string of the molecule is COc1ccc(Br)cc1-c1nn(C(N)=O)c2c1CCCCN2. The predicted molar refractivity (Wildman–Crippen MR) is 88.3 cm³/mol. The zero-order valence-electron chi connectivity index (χ0n) is 12.2. The van der Waals surface area contributed by atoms with Crippen LogP contribution in [0.4, 0.5) is 10.6 Å². The summed E-state index contributed by atoms with van der Waals surface area (Å²) >= 11 is 3.47. The van der Waals surface area contributed by atoms with Crippen molar-refractivity contribution in [3.05, 3.63) is 28.2 Å². The van der Waals surface area contributed by atoms with Crippen LogP contribution in [0.3, 0.4) is 0 Å². The number of nitrogens with zero attached hydrogens (tertiary/aromatic N) is 2. The molecule has 1 aromatic carbocycles. The molecule has 116 valence electrons. The van der Waals surface area contributed by atoms with Gasteiger partial charge in [0.2, 0.25) is 0 Å². The second kappa shape index (κ2) is 6.00. The minimum atomic E-state index is -0.592. The van der Waals surface area contributed by atoms with Gasteiger partial charge in [-0.25, -0.2) is 4.79 Å². The smallest absolute Gasteiger partial charge is 0.341 e. The van der Waals surface area contributed by atoms with Crippen molar-refractivity contribution < 1.29 is 9.53 Å². The molecule has 2 aromatic rings. The fourth-order valence-corrected chi connectivity index (χ4v) is 3.10. The van der Waals surface area contributed by atoms with Crippen LogP contribution in [-0.2, 0) is 6.42 Å². The van der Waals surface area contributed by atoms with Crippen LogP contribution in [-0.4, -0.2) is 29.5 Å². The number of primary amides is 1. The van der Waals surface area contributed by atoms with E-state index in [4.69, 9.17) is 10.5 Å². The lowest BCUT2D eigenvalue weighted by Gasteiger charge is -2.08. The summed E-state index contributed by atoms with van der Waals surface area (Å²) in [6.45, 7) is 0.807. The maximum atomic E-state index is 11.7. The first-order valence-corrected chi connectivity index (χ1v) is 7.90. The zero-order valence-corrected chi connectivity index (χ0v) is 13.8. The van der Waals surface area contributed by atoms with E-state index in [1.807, 2.05) is 18.2 Å². The number of carbonyl (C=O) groups excluding carboxylic acids is 1. The molecule has 3 rings (SSSR count). The Kier molecular flexibility index (Phi) is 4.06. The van der Waals surface area contributed by atoms with Gasteiger partial charge in [0.25, 0.3) is 0 Å². The van der Waals surface area contributed by atoms with Gasteiger partial charge in [-0.15, -0.1) is 0 Å². The normalized spacial score (nSPS) is 13.9. The summed E-state index contributed by atoms with van der Waals surface area (Å²) in [4.78, 5) is 11.7. The van der Waals surface area contributed by atoms with Crippen molar-refractivity contribution in [1.29, 1.82) is 0 Å². The van der Waals surface area contributed by atoms with Crippen molar-refractivity contribution in [3.8, 4) is 17.0 Å². The number of carbonyl (C=O) groups is 1. The highest BCUT2D eigenvalue weighted by atomic mass is 79.9. The first-order valence-electron chi connectivity index (χ1n) is 7.11. The maximum absolute atomic E-state index is 11.7. The third kappa shape index (κ3) is 2.56. The Bertz CT molecular complexity index is 727. The largest absolute Gasteiger partial charge is 0.496 e. The summed E-state index contributed by atoms with van der Waals surface area (Å²) in [5.74, 6) is 1.41. The van der Waals surface area contributed by atoms with E-state index >= 15 is 0 Å². The predicted octanol–water partition coefficient (Wildman–Crippen LogP) is 3.00. The Morgan fingerprint density at radius 1 is 1.45 bits per heavy atom. The molecule has 6 nitrogen and oxygen atoms in total. The number of benzene rings is 1. The number of amides is 1. The third-order valence-electron chi connectivity index (χ3n) is 3.75. The second-order valence-electron chi connectivity index (χ2n) is 5.15. The number of hydrogen-bond acceptors (Lipinski definition) is 4. The second-order valence-corrected chi connectivity index (χ2v) is 6.07. The maximum Gasteiger partial charge on any atom is 0.341 e. The molecule has 1 amide bonds. The lowest BCUT2D eigenvalue weighted by atomic mass is 10.0. The molecule has 0 bridgehead atoms. The van der Waals surface area contributed by atoms with Crippen molar-refractivity contribution in [1.82, 2.24) is 9.78 Å². The van der Waals surface area contributed by atoms with Crippen LogP contribution in [0.1, 0.15) is 18.4 Å². The highest BCUT2D eigenvalue weighted by Gasteiger charge is 2.24. The van der Waals surface area contributed by atoms with Crippen molar-refractivity contribution in [3.63, 3.8) is 0 Å². The average Bonchev–Trinajstić information content (AvgIpc) is 2.69. The van der Waals surface area contributed by atoms with E-state index in [0.717, 1.165) is 47.1 Å². The molecule has 0 saturated carbocycles. The van der Waals surface area contributed by atoms with Crippen LogP contribution in [0.15, 0.2) is 22.7 Å². The van der Waals surface area contributed by atoms with Gasteiger partial charge in [0, 0.05) is 22.1 Å². The van der Waals surface area contributed by atoms with Gasteiger partial charge in [-0.2, -0.15) is 9.78 Å². The van der Waals surface area contributed by atoms with Crippen LogP contribution >= 0.6 is 15.9 Å². The molecule has 0 radical (unpaired) electrons. The van der Waals surface area contributed by atoms with Gasteiger partial charge in [0.15, 0.2) is 0 Å².